The lowest BCUT2D eigenvalue weighted by Gasteiger charge is -2.37. The Labute approximate surface area is 143 Å². The van der Waals surface area contributed by atoms with Gasteiger partial charge in [-0.1, -0.05) is 51.1 Å². The molecule has 1 fully saturated rings. The summed E-state index contributed by atoms with van der Waals surface area (Å²) in [6.07, 6.45) is 1.52. The highest BCUT2D eigenvalue weighted by atomic mass is 32.1. The SMILES string of the molecule is CC(C)(C)c1csc(C2(O)CCN(Cc3ccccc3)CC2)n1. The van der Waals surface area contributed by atoms with Crippen LogP contribution in [0.2, 0.25) is 0 Å². The van der Waals surface area contributed by atoms with Crippen LogP contribution in [0.1, 0.15) is 49.9 Å². The number of nitrogens with zero attached hydrogens (tertiary/aromatic N) is 2. The number of piperidine rings is 1. The van der Waals surface area contributed by atoms with Gasteiger partial charge in [0.25, 0.3) is 0 Å². The quantitative estimate of drug-likeness (QED) is 0.926. The molecule has 4 heteroatoms. The smallest absolute Gasteiger partial charge is 0.125 e. The average Bonchev–Trinajstić information content (AvgIpc) is 3.02. The van der Waals surface area contributed by atoms with E-state index in [1.807, 2.05) is 6.07 Å². The molecule has 0 unspecified atom stereocenters. The third-order valence-corrected chi connectivity index (χ3v) is 5.64. The number of hydrogen-bond acceptors (Lipinski definition) is 4. The summed E-state index contributed by atoms with van der Waals surface area (Å²) >= 11 is 1.61. The van der Waals surface area contributed by atoms with Gasteiger partial charge in [0.05, 0.1) is 5.69 Å². The van der Waals surface area contributed by atoms with Crippen LogP contribution in [-0.2, 0) is 17.6 Å². The molecule has 0 aliphatic carbocycles. The number of benzene rings is 1. The molecule has 23 heavy (non-hydrogen) atoms. The number of likely N-dealkylation sites (tertiary alicyclic amines) is 1. The van der Waals surface area contributed by atoms with Gasteiger partial charge in [-0.15, -0.1) is 11.3 Å². The molecule has 2 aromatic rings. The van der Waals surface area contributed by atoms with Crippen LogP contribution in [0.3, 0.4) is 0 Å². The highest BCUT2D eigenvalue weighted by molar-refractivity contribution is 7.09. The van der Waals surface area contributed by atoms with Gasteiger partial charge in [0.15, 0.2) is 0 Å². The first kappa shape index (κ1) is 16.6. The highest BCUT2D eigenvalue weighted by Gasteiger charge is 2.37. The van der Waals surface area contributed by atoms with Gasteiger partial charge in [-0.3, -0.25) is 4.90 Å². The van der Waals surface area contributed by atoms with Gasteiger partial charge in [0.1, 0.15) is 10.6 Å². The summed E-state index contributed by atoms with van der Waals surface area (Å²) < 4.78 is 0. The van der Waals surface area contributed by atoms with Gasteiger partial charge < -0.3 is 5.11 Å². The van der Waals surface area contributed by atoms with Crippen molar-refractivity contribution in [2.24, 2.45) is 0 Å². The van der Waals surface area contributed by atoms with Crippen molar-refractivity contribution in [2.45, 2.75) is 51.2 Å². The maximum atomic E-state index is 11.0. The van der Waals surface area contributed by atoms with Gasteiger partial charge in [-0.2, -0.15) is 0 Å². The third kappa shape index (κ3) is 3.82. The second-order valence-electron chi connectivity index (χ2n) is 7.58. The van der Waals surface area contributed by atoms with Crippen LogP contribution in [-0.4, -0.2) is 28.1 Å². The summed E-state index contributed by atoms with van der Waals surface area (Å²) in [5.41, 5.74) is 1.71. The Hall–Kier alpha value is -1.23. The Morgan fingerprint density at radius 3 is 2.39 bits per heavy atom. The van der Waals surface area contributed by atoms with Crippen molar-refractivity contribution in [3.63, 3.8) is 0 Å². The lowest BCUT2D eigenvalue weighted by Crippen LogP contribution is -2.42. The Morgan fingerprint density at radius 2 is 1.83 bits per heavy atom. The zero-order chi connectivity index (χ0) is 16.5. The summed E-state index contributed by atoms with van der Waals surface area (Å²) in [5, 5.41) is 14.0. The normalized spacial score (nSPS) is 19.0. The van der Waals surface area contributed by atoms with E-state index in [1.54, 1.807) is 11.3 Å². The summed E-state index contributed by atoms with van der Waals surface area (Å²) in [4.78, 5) is 7.15. The Kier molecular flexibility index (Phi) is 4.59. The van der Waals surface area contributed by atoms with E-state index in [0.29, 0.717) is 0 Å². The van der Waals surface area contributed by atoms with Gasteiger partial charge in [-0.05, 0) is 18.4 Å². The topological polar surface area (TPSA) is 36.4 Å². The van der Waals surface area contributed by atoms with E-state index >= 15 is 0 Å². The first-order valence-corrected chi connectivity index (χ1v) is 9.20. The first-order chi connectivity index (χ1) is 10.9. The minimum atomic E-state index is -0.749. The summed E-state index contributed by atoms with van der Waals surface area (Å²) in [6.45, 7) is 9.28. The van der Waals surface area contributed by atoms with E-state index in [9.17, 15) is 5.11 Å². The monoisotopic (exact) mass is 330 g/mol. The van der Waals surface area contributed by atoms with Crippen molar-refractivity contribution in [2.75, 3.05) is 13.1 Å². The van der Waals surface area contributed by atoms with E-state index in [-0.39, 0.29) is 5.41 Å². The molecule has 0 radical (unpaired) electrons. The van der Waals surface area contributed by atoms with E-state index in [2.05, 4.69) is 55.3 Å². The molecule has 1 aromatic heterocycles. The van der Waals surface area contributed by atoms with Gasteiger partial charge in [0.2, 0.25) is 0 Å². The fourth-order valence-electron chi connectivity index (χ4n) is 2.97. The van der Waals surface area contributed by atoms with Gasteiger partial charge in [0, 0.05) is 30.4 Å². The average molecular weight is 330 g/mol. The van der Waals surface area contributed by atoms with Crippen molar-refractivity contribution in [3.05, 3.63) is 52.0 Å². The zero-order valence-electron chi connectivity index (χ0n) is 14.2. The predicted octanol–water partition coefficient (Wildman–Crippen LogP) is 3.92. The largest absolute Gasteiger partial charge is 0.383 e. The summed E-state index contributed by atoms with van der Waals surface area (Å²) in [6, 6.07) is 10.5. The molecule has 124 valence electrons. The van der Waals surface area contributed by atoms with Crippen LogP contribution < -0.4 is 0 Å². The van der Waals surface area contributed by atoms with E-state index in [1.165, 1.54) is 5.56 Å². The van der Waals surface area contributed by atoms with E-state index in [4.69, 9.17) is 4.98 Å². The lowest BCUT2D eigenvalue weighted by atomic mass is 9.90. The summed E-state index contributed by atoms with van der Waals surface area (Å²) in [5.74, 6) is 0. The molecule has 0 saturated carbocycles. The molecule has 0 bridgehead atoms. The van der Waals surface area contributed by atoms with Crippen LogP contribution >= 0.6 is 11.3 Å². The van der Waals surface area contributed by atoms with Crippen molar-refractivity contribution in [1.82, 2.24) is 9.88 Å². The van der Waals surface area contributed by atoms with Crippen LogP contribution in [0.5, 0.6) is 0 Å². The van der Waals surface area contributed by atoms with Crippen LogP contribution in [0.15, 0.2) is 35.7 Å². The van der Waals surface area contributed by atoms with E-state index < -0.39 is 5.60 Å². The zero-order valence-corrected chi connectivity index (χ0v) is 15.1. The van der Waals surface area contributed by atoms with Gasteiger partial charge in [-0.25, -0.2) is 4.98 Å². The van der Waals surface area contributed by atoms with Crippen LogP contribution in [0.4, 0.5) is 0 Å². The molecule has 1 aromatic carbocycles. The second-order valence-corrected chi connectivity index (χ2v) is 8.44. The number of aromatic nitrogens is 1. The molecule has 1 N–H and O–H groups in total. The maximum Gasteiger partial charge on any atom is 0.125 e. The Morgan fingerprint density at radius 1 is 1.17 bits per heavy atom. The highest BCUT2D eigenvalue weighted by Crippen LogP contribution is 2.36. The fraction of sp³-hybridized carbons (Fsp3) is 0.526. The molecular weight excluding hydrogens is 304 g/mol. The number of aliphatic hydroxyl groups is 1. The molecule has 0 amide bonds. The molecule has 3 rings (SSSR count). The molecule has 0 spiro atoms. The lowest BCUT2D eigenvalue weighted by molar-refractivity contribution is -0.0280. The molecule has 1 aliphatic rings. The van der Waals surface area contributed by atoms with E-state index in [0.717, 1.165) is 43.2 Å². The minimum Gasteiger partial charge on any atom is -0.383 e. The Bertz CT molecular complexity index is 637. The number of rotatable bonds is 3. The third-order valence-electron chi connectivity index (χ3n) is 4.60. The van der Waals surface area contributed by atoms with Crippen LogP contribution in [0, 0.1) is 0 Å². The molecule has 1 aliphatic heterocycles. The summed E-state index contributed by atoms with van der Waals surface area (Å²) in [7, 11) is 0. The van der Waals surface area contributed by atoms with Crippen LogP contribution in [0.25, 0.3) is 0 Å². The Balaban J connectivity index is 1.64. The molecule has 0 atom stereocenters. The molecule has 3 nitrogen and oxygen atoms in total. The predicted molar refractivity (Wildman–Crippen MR) is 95.7 cm³/mol. The standard InChI is InChI=1S/C19H26N2OS/c1-18(2,3)16-14-23-17(20-16)19(22)9-11-21(12-10-19)13-15-7-5-4-6-8-15/h4-8,14,22H,9-13H2,1-3H3. The molecular formula is C19H26N2OS. The van der Waals surface area contributed by atoms with Crippen molar-refractivity contribution < 1.29 is 5.11 Å². The first-order valence-electron chi connectivity index (χ1n) is 8.32. The molecule has 2 heterocycles. The second kappa shape index (κ2) is 6.34. The number of hydrogen-bond donors (Lipinski definition) is 1. The molecule has 1 saturated heterocycles. The van der Waals surface area contributed by atoms with Crippen molar-refractivity contribution in [3.8, 4) is 0 Å². The maximum absolute atomic E-state index is 11.0. The van der Waals surface area contributed by atoms with Crippen molar-refractivity contribution >= 4 is 11.3 Å². The minimum absolute atomic E-state index is 0.0408. The number of thiazole rings is 1. The van der Waals surface area contributed by atoms with Gasteiger partial charge >= 0.3 is 0 Å². The van der Waals surface area contributed by atoms with Crippen molar-refractivity contribution in [1.29, 1.82) is 0 Å². The fourth-order valence-corrected chi connectivity index (χ4v) is 4.17.